The van der Waals surface area contributed by atoms with Crippen molar-refractivity contribution in [2.24, 2.45) is 0 Å². The number of hydrogen-bond donors (Lipinski definition) is 2. The van der Waals surface area contributed by atoms with Gasteiger partial charge in [0.1, 0.15) is 5.01 Å². The Morgan fingerprint density at radius 2 is 2.33 bits per heavy atom. The fraction of sp³-hybridized carbons (Fsp3) is 0.231. The molecule has 1 heterocycles. The Morgan fingerprint density at radius 3 is 3.06 bits per heavy atom. The zero-order chi connectivity index (χ0) is 12.8. The third-order valence-corrected chi connectivity index (χ3v) is 3.17. The number of rotatable bonds is 5. The Bertz CT molecular complexity index is 511. The van der Waals surface area contributed by atoms with Gasteiger partial charge in [-0.05, 0) is 25.1 Å². The van der Waals surface area contributed by atoms with Crippen molar-refractivity contribution in [1.82, 2.24) is 10.3 Å². The van der Waals surface area contributed by atoms with Gasteiger partial charge in [0, 0.05) is 29.4 Å². The largest absolute Gasteiger partial charge is 0.379 e. The molecule has 0 saturated heterocycles. The number of hydrogen-bond acceptors (Lipinski definition) is 4. The van der Waals surface area contributed by atoms with Crippen molar-refractivity contribution < 1.29 is 4.79 Å². The molecule has 18 heavy (non-hydrogen) atoms. The molecule has 0 saturated carbocycles. The van der Waals surface area contributed by atoms with E-state index in [1.54, 1.807) is 23.6 Å². The first-order valence-electron chi connectivity index (χ1n) is 5.80. The number of carbonyl (C=O) groups is 1. The number of thiazole rings is 1. The van der Waals surface area contributed by atoms with Crippen LogP contribution in [0.1, 0.15) is 22.3 Å². The number of benzene rings is 1. The summed E-state index contributed by atoms with van der Waals surface area (Å²) in [5, 5.41) is 9.01. The fourth-order valence-corrected chi connectivity index (χ4v) is 2.11. The summed E-state index contributed by atoms with van der Waals surface area (Å²) in [4.78, 5) is 15.9. The summed E-state index contributed by atoms with van der Waals surface area (Å²) in [6.45, 7) is 3.22. The molecule has 0 unspecified atom stereocenters. The second-order valence-corrected chi connectivity index (χ2v) is 4.70. The fourth-order valence-electron chi connectivity index (χ4n) is 1.55. The molecule has 94 valence electrons. The van der Waals surface area contributed by atoms with Crippen LogP contribution in [-0.2, 0) is 6.54 Å². The highest BCUT2D eigenvalue weighted by Crippen LogP contribution is 2.13. The van der Waals surface area contributed by atoms with Gasteiger partial charge in [-0.2, -0.15) is 0 Å². The normalized spacial score (nSPS) is 10.1. The van der Waals surface area contributed by atoms with E-state index >= 15 is 0 Å². The Kier molecular flexibility index (Phi) is 4.30. The van der Waals surface area contributed by atoms with Gasteiger partial charge in [-0.1, -0.05) is 6.07 Å². The maximum atomic E-state index is 11.7. The summed E-state index contributed by atoms with van der Waals surface area (Å²) in [5.74, 6) is -0.0459. The van der Waals surface area contributed by atoms with Crippen molar-refractivity contribution in [1.29, 1.82) is 0 Å². The lowest BCUT2D eigenvalue weighted by Gasteiger charge is -2.07. The standard InChI is InChI=1S/C13H15N3OS/c1-2-14-13(17)10-4-3-5-11(8-10)16-9-12-15-6-7-18-12/h3-8,16H,2,9H2,1H3,(H,14,17). The molecule has 1 amide bonds. The highest BCUT2D eigenvalue weighted by atomic mass is 32.1. The molecule has 2 aromatic rings. The van der Waals surface area contributed by atoms with Crippen molar-refractivity contribution in [2.45, 2.75) is 13.5 Å². The van der Waals surface area contributed by atoms with E-state index in [1.807, 2.05) is 30.5 Å². The molecule has 0 spiro atoms. The van der Waals surface area contributed by atoms with Gasteiger partial charge in [-0.3, -0.25) is 4.79 Å². The SMILES string of the molecule is CCNC(=O)c1cccc(NCc2nccs2)c1. The first kappa shape index (κ1) is 12.6. The molecular formula is C13H15N3OS. The molecule has 2 rings (SSSR count). The lowest BCUT2D eigenvalue weighted by Crippen LogP contribution is -2.22. The van der Waals surface area contributed by atoms with Gasteiger partial charge in [0.25, 0.3) is 5.91 Å². The van der Waals surface area contributed by atoms with Crippen molar-refractivity contribution in [3.8, 4) is 0 Å². The van der Waals surface area contributed by atoms with E-state index in [-0.39, 0.29) is 5.91 Å². The number of nitrogens with zero attached hydrogens (tertiary/aromatic N) is 1. The average molecular weight is 261 g/mol. The number of nitrogens with one attached hydrogen (secondary N) is 2. The van der Waals surface area contributed by atoms with Crippen molar-refractivity contribution in [3.05, 3.63) is 46.4 Å². The highest BCUT2D eigenvalue weighted by molar-refractivity contribution is 7.09. The third kappa shape index (κ3) is 3.30. The van der Waals surface area contributed by atoms with Crippen LogP contribution in [0.15, 0.2) is 35.8 Å². The number of anilines is 1. The topological polar surface area (TPSA) is 54.0 Å². The summed E-state index contributed by atoms with van der Waals surface area (Å²) < 4.78 is 0. The van der Waals surface area contributed by atoms with Crippen LogP contribution in [-0.4, -0.2) is 17.4 Å². The minimum atomic E-state index is -0.0459. The van der Waals surface area contributed by atoms with Gasteiger partial charge in [-0.15, -0.1) is 11.3 Å². The van der Waals surface area contributed by atoms with Gasteiger partial charge in [0.15, 0.2) is 0 Å². The summed E-state index contributed by atoms with van der Waals surface area (Å²) in [6, 6.07) is 7.46. The van der Waals surface area contributed by atoms with Gasteiger partial charge >= 0.3 is 0 Å². The second kappa shape index (κ2) is 6.16. The van der Waals surface area contributed by atoms with E-state index in [2.05, 4.69) is 15.6 Å². The van der Waals surface area contributed by atoms with E-state index in [0.29, 0.717) is 18.7 Å². The molecule has 2 N–H and O–H groups in total. The van der Waals surface area contributed by atoms with Gasteiger partial charge in [0.05, 0.1) is 6.54 Å². The second-order valence-electron chi connectivity index (χ2n) is 3.72. The van der Waals surface area contributed by atoms with Crippen LogP contribution in [0.2, 0.25) is 0 Å². The summed E-state index contributed by atoms with van der Waals surface area (Å²) >= 11 is 1.61. The molecule has 0 aliphatic carbocycles. The predicted molar refractivity (Wildman–Crippen MR) is 73.9 cm³/mol. The van der Waals surface area contributed by atoms with E-state index in [9.17, 15) is 4.79 Å². The van der Waals surface area contributed by atoms with Gasteiger partial charge in [-0.25, -0.2) is 4.98 Å². The van der Waals surface area contributed by atoms with E-state index in [4.69, 9.17) is 0 Å². The molecular weight excluding hydrogens is 246 g/mol. The van der Waals surface area contributed by atoms with Gasteiger partial charge < -0.3 is 10.6 Å². The Morgan fingerprint density at radius 1 is 1.44 bits per heavy atom. The van der Waals surface area contributed by atoms with E-state index in [0.717, 1.165) is 10.7 Å². The maximum Gasteiger partial charge on any atom is 0.251 e. The molecule has 0 bridgehead atoms. The van der Waals surface area contributed by atoms with Crippen molar-refractivity contribution in [3.63, 3.8) is 0 Å². The summed E-state index contributed by atoms with van der Waals surface area (Å²) in [5.41, 5.74) is 1.59. The lowest BCUT2D eigenvalue weighted by atomic mass is 10.2. The molecule has 5 heteroatoms. The van der Waals surface area contributed by atoms with Crippen molar-refractivity contribution in [2.75, 3.05) is 11.9 Å². The van der Waals surface area contributed by atoms with Crippen LogP contribution in [0.5, 0.6) is 0 Å². The van der Waals surface area contributed by atoms with Crippen LogP contribution < -0.4 is 10.6 Å². The zero-order valence-corrected chi connectivity index (χ0v) is 11.0. The number of amides is 1. The van der Waals surface area contributed by atoms with Crippen LogP contribution in [0.25, 0.3) is 0 Å². The molecule has 1 aromatic heterocycles. The zero-order valence-electron chi connectivity index (χ0n) is 10.1. The van der Waals surface area contributed by atoms with E-state index < -0.39 is 0 Å². The molecule has 0 aliphatic rings. The number of carbonyl (C=O) groups excluding carboxylic acids is 1. The maximum absolute atomic E-state index is 11.7. The molecule has 0 radical (unpaired) electrons. The molecule has 0 aliphatic heterocycles. The Balaban J connectivity index is 2.01. The molecule has 4 nitrogen and oxygen atoms in total. The predicted octanol–water partition coefficient (Wildman–Crippen LogP) is 2.50. The lowest BCUT2D eigenvalue weighted by molar-refractivity contribution is 0.0956. The summed E-state index contributed by atoms with van der Waals surface area (Å²) in [7, 11) is 0. The quantitative estimate of drug-likeness (QED) is 0.869. The number of aromatic nitrogens is 1. The first-order chi connectivity index (χ1) is 8.79. The molecule has 0 atom stereocenters. The van der Waals surface area contributed by atoms with E-state index in [1.165, 1.54) is 0 Å². The Hall–Kier alpha value is -1.88. The van der Waals surface area contributed by atoms with Crippen molar-refractivity contribution >= 4 is 22.9 Å². The monoisotopic (exact) mass is 261 g/mol. The van der Waals surface area contributed by atoms with Crippen LogP contribution >= 0.6 is 11.3 Å². The minimum absolute atomic E-state index is 0.0459. The molecule has 1 aromatic carbocycles. The summed E-state index contributed by atoms with van der Waals surface area (Å²) in [6.07, 6.45) is 1.78. The smallest absolute Gasteiger partial charge is 0.251 e. The third-order valence-electron chi connectivity index (χ3n) is 2.39. The Labute approximate surface area is 110 Å². The average Bonchev–Trinajstić information content (AvgIpc) is 2.90. The molecule has 0 fully saturated rings. The van der Waals surface area contributed by atoms with Crippen LogP contribution in [0, 0.1) is 0 Å². The first-order valence-corrected chi connectivity index (χ1v) is 6.68. The van der Waals surface area contributed by atoms with Gasteiger partial charge in [0.2, 0.25) is 0 Å². The minimum Gasteiger partial charge on any atom is -0.379 e. The van der Waals surface area contributed by atoms with Crippen LogP contribution in [0.4, 0.5) is 5.69 Å². The highest BCUT2D eigenvalue weighted by Gasteiger charge is 2.04. The van der Waals surface area contributed by atoms with Crippen LogP contribution in [0.3, 0.4) is 0 Å².